The Balaban J connectivity index is 2.37. The molecule has 7 nitrogen and oxygen atoms in total. The van der Waals surface area contributed by atoms with E-state index in [4.69, 9.17) is 0 Å². The normalized spacial score (nSPS) is 11.7. The predicted octanol–water partition coefficient (Wildman–Crippen LogP) is 3.85. The molecule has 0 spiro atoms. The van der Waals surface area contributed by atoms with E-state index in [2.05, 4.69) is 15.3 Å². The van der Waals surface area contributed by atoms with E-state index in [9.17, 15) is 13.2 Å². The number of carbonyl (C=O) groups is 1. The first-order chi connectivity index (χ1) is 12.5. The van der Waals surface area contributed by atoms with Crippen molar-refractivity contribution >= 4 is 21.7 Å². The SMILES string of the molecule is Cc1cc(C(C)C)c(NC(=O)NS(=O)(=O)c2nccnc2C)c(C(C)C)c1. The summed E-state index contributed by atoms with van der Waals surface area (Å²) in [4.78, 5) is 20.2. The number of nitrogens with one attached hydrogen (secondary N) is 2. The van der Waals surface area contributed by atoms with Crippen molar-refractivity contribution in [3.05, 3.63) is 46.9 Å². The van der Waals surface area contributed by atoms with Crippen molar-refractivity contribution in [2.24, 2.45) is 0 Å². The third-order valence-corrected chi connectivity index (χ3v) is 5.51. The molecule has 0 radical (unpaired) electrons. The summed E-state index contributed by atoms with van der Waals surface area (Å²) in [6.45, 7) is 11.6. The van der Waals surface area contributed by atoms with Crippen molar-refractivity contribution in [1.82, 2.24) is 14.7 Å². The molecule has 27 heavy (non-hydrogen) atoms. The number of rotatable bonds is 5. The number of aryl methyl sites for hydroxylation is 2. The van der Waals surface area contributed by atoms with Crippen molar-refractivity contribution < 1.29 is 13.2 Å². The fourth-order valence-electron chi connectivity index (χ4n) is 2.87. The molecule has 0 aliphatic rings. The maximum absolute atomic E-state index is 12.5. The Hall–Kier alpha value is -2.48. The second kappa shape index (κ2) is 8.04. The molecule has 0 saturated heterocycles. The van der Waals surface area contributed by atoms with Crippen molar-refractivity contribution in [1.29, 1.82) is 0 Å². The number of aromatic nitrogens is 2. The number of urea groups is 1. The van der Waals surface area contributed by atoms with E-state index in [1.807, 2.05) is 51.5 Å². The van der Waals surface area contributed by atoms with Crippen LogP contribution in [0.1, 0.15) is 61.9 Å². The van der Waals surface area contributed by atoms with Gasteiger partial charge in [-0.25, -0.2) is 14.5 Å². The molecule has 2 aromatic rings. The van der Waals surface area contributed by atoms with Gasteiger partial charge >= 0.3 is 6.03 Å². The average molecular weight is 391 g/mol. The topological polar surface area (TPSA) is 101 Å². The lowest BCUT2D eigenvalue weighted by atomic mass is 9.90. The van der Waals surface area contributed by atoms with Crippen molar-refractivity contribution in [2.45, 2.75) is 58.4 Å². The van der Waals surface area contributed by atoms with Gasteiger partial charge in [0, 0.05) is 18.1 Å². The number of anilines is 1. The number of carbonyl (C=O) groups excluding carboxylic acids is 1. The smallest absolute Gasteiger partial charge is 0.307 e. The van der Waals surface area contributed by atoms with Crippen LogP contribution >= 0.6 is 0 Å². The fraction of sp³-hybridized carbons (Fsp3) is 0.421. The van der Waals surface area contributed by atoms with Crippen LogP contribution in [0.4, 0.5) is 10.5 Å². The molecule has 2 amide bonds. The number of benzene rings is 1. The van der Waals surface area contributed by atoms with E-state index in [0.717, 1.165) is 16.7 Å². The summed E-state index contributed by atoms with van der Waals surface area (Å²) in [5, 5.41) is 2.47. The lowest BCUT2D eigenvalue weighted by Gasteiger charge is -2.21. The van der Waals surface area contributed by atoms with Crippen LogP contribution in [0.5, 0.6) is 0 Å². The van der Waals surface area contributed by atoms with Gasteiger partial charge in [0.2, 0.25) is 0 Å². The molecule has 0 aliphatic heterocycles. The van der Waals surface area contributed by atoms with E-state index in [0.29, 0.717) is 5.69 Å². The molecular weight excluding hydrogens is 364 g/mol. The first kappa shape index (κ1) is 20.8. The van der Waals surface area contributed by atoms with Crippen LogP contribution in [0.15, 0.2) is 29.6 Å². The lowest BCUT2D eigenvalue weighted by molar-refractivity contribution is 0.256. The maximum Gasteiger partial charge on any atom is 0.333 e. The molecule has 0 unspecified atom stereocenters. The zero-order chi connectivity index (χ0) is 20.4. The molecule has 1 aromatic carbocycles. The summed E-state index contributed by atoms with van der Waals surface area (Å²) in [7, 11) is -4.12. The van der Waals surface area contributed by atoms with Gasteiger partial charge in [0.1, 0.15) is 0 Å². The number of sulfonamides is 1. The van der Waals surface area contributed by atoms with E-state index in [-0.39, 0.29) is 22.6 Å². The van der Waals surface area contributed by atoms with E-state index >= 15 is 0 Å². The molecule has 0 atom stereocenters. The Kier molecular flexibility index (Phi) is 6.20. The minimum Gasteiger partial charge on any atom is -0.307 e. The Morgan fingerprint density at radius 1 is 0.963 bits per heavy atom. The summed E-state index contributed by atoms with van der Waals surface area (Å²) >= 11 is 0. The van der Waals surface area contributed by atoms with Crippen molar-refractivity contribution in [2.75, 3.05) is 5.32 Å². The van der Waals surface area contributed by atoms with Crippen LogP contribution in [0.3, 0.4) is 0 Å². The highest BCUT2D eigenvalue weighted by atomic mass is 32.2. The molecular formula is C19H26N4O3S. The van der Waals surface area contributed by atoms with Gasteiger partial charge in [-0.2, -0.15) is 8.42 Å². The molecule has 0 saturated carbocycles. The second-order valence-electron chi connectivity index (χ2n) is 7.13. The van der Waals surface area contributed by atoms with Gasteiger partial charge < -0.3 is 5.32 Å². The van der Waals surface area contributed by atoms with Crippen LogP contribution in [0.2, 0.25) is 0 Å². The standard InChI is InChI=1S/C19H26N4O3S/c1-11(2)15-9-13(5)10-16(12(3)4)17(15)22-19(24)23-27(25,26)18-14(6)20-7-8-21-18/h7-12H,1-6H3,(H2,22,23,24). The molecule has 0 fully saturated rings. The molecule has 0 bridgehead atoms. The molecule has 1 aromatic heterocycles. The largest absolute Gasteiger partial charge is 0.333 e. The van der Waals surface area contributed by atoms with Gasteiger partial charge in [0.05, 0.1) is 5.69 Å². The van der Waals surface area contributed by atoms with Crippen LogP contribution in [0.25, 0.3) is 0 Å². The highest BCUT2D eigenvalue weighted by Crippen LogP contribution is 2.33. The Labute approximate surface area is 160 Å². The van der Waals surface area contributed by atoms with Gasteiger partial charge in [0.15, 0.2) is 5.03 Å². The van der Waals surface area contributed by atoms with Crippen LogP contribution in [-0.2, 0) is 10.0 Å². The number of amides is 2. The van der Waals surface area contributed by atoms with Gasteiger partial charge in [-0.3, -0.25) is 4.98 Å². The number of nitrogens with zero attached hydrogens (tertiary/aromatic N) is 2. The quantitative estimate of drug-likeness (QED) is 0.807. The number of hydrogen-bond donors (Lipinski definition) is 2. The zero-order valence-electron chi connectivity index (χ0n) is 16.5. The molecule has 2 N–H and O–H groups in total. The predicted molar refractivity (Wildman–Crippen MR) is 105 cm³/mol. The summed E-state index contributed by atoms with van der Waals surface area (Å²) in [5.41, 5.74) is 3.88. The first-order valence-corrected chi connectivity index (χ1v) is 10.3. The molecule has 2 rings (SSSR count). The Morgan fingerprint density at radius 3 is 1.96 bits per heavy atom. The lowest BCUT2D eigenvalue weighted by Crippen LogP contribution is -2.36. The minimum atomic E-state index is -4.12. The first-order valence-electron chi connectivity index (χ1n) is 8.78. The van der Waals surface area contributed by atoms with Crippen molar-refractivity contribution in [3.63, 3.8) is 0 Å². The summed E-state index contributed by atoms with van der Waals surface area (Å²) in [5.74, 6) is 0.327. The summed E-state index contributed by atoms with van der Waals surface area (Å²) in [6.07, 6.45) is 2.66. The van der Waals surface area contributed by atoms with E-state index in [1.165, 1.54) is 19.3 Å². The summed E-state index contributed by atoms with van der Waals surface area (Å²) in [6, 6.07) is 3.19. The highest BCUT2D eigenvalue weighted by molar-refractivity contribution is 7.90. The molecule has 8 heteroatoms. The van der Waals surface area contributed by atoms with Crippen LogP contribution in [-0.4, -0.2) is 24.4 Å². The molecule has 1 heterocycles. The third kappa shape index (κ3) is 4.82. The van der Waals surface area contributed by atoms with Gasteiger partial charge in [0.25, 0.3) is 10.0 Å². The molecule has 146 valence electrons. The zero-order valence-corrected chi connectivity index (χ0v) is 17.3. The maximum atomic E-state index is 12.5. The fourth-order valence-corrected chi connectivity index (χ4v) is 3.90. The van der Waals surface area contributed by atoms with Crippen molar-refractivity contribution in [3.8, 4) is 0 Å². The monoisotopic (exact) mass is 390 g/mol. The van der Waals surface area contributed by atoms with Gasteiger partial charge in [-0.1, -0.05) is 45.4 Å². The van der Waals surface area contributed by atoms with Crippen LogP contribution in [0, 0.1) is 13.8 Å². The van der Waals surface area contributed by atoms with Crippen LogP contribution < -0.4 is 10.0 Å². The van der Waals surface area contributed by atoms with Gasteiger partial charge in [-0.15, -0.1) is 0 Å². The van der Waals surface area contributed by atoms with E-state index < -0.39 is 16.1 Å². The average Bonchev–Trinajstić information content (AvgIpc) is 2.55. The molecule has 0 aliphatic carbocycles. The number of hydrogen-bond acceptors (Lipinski definition) is 5. The van der Waals surface area contributed by atoms with E-state index in [1.54, 1.807) is 0 Å². The third-order valence-electron chi connectivity index (χ3n) is 4.14. The minimum absolute atomic E-state index is 0.163. The second-order valence-corrected chi connectivity index (χ2v) is 8.73. The van der Waals surface area contributed by atoms with Gasteiger partial charge in [-0.05, 0) is 36.8 Å². The Morgan fingerprint density at radius 2 is 1.48 bits per heavy atom. The summed E-state index contributed by atoms with van der Waals surface area (Å²) < 4.78 is 27.0. The Bertz CT molecular complexity index is 924. The highest BCUT2D eigenvalue weighted by Gasteiger charge is 2.24.